The van der Waals surface area contributed by atoms with Crippen molar-refractivity contribution in [1.82, 2.24) is 5.32 Å². The van der Waals surface area contributed by atoms with Gasteiger partial charge in [0.25, 0.3) is 0 Å². The van der Waals surface area contributed by atoms with Gasteiger partial charge in [0.2, 0.25) is 5.91 Å². The van der Waals surface area contributed by atoms with Crippen molar-refractivity contribution in [1.29, 1.82) is 0 Å². The van der Waals surface area contributed by atoms with E-state index >= 15 is 0 Å². The predicted octanol–water partition coefficient (Wildman–Crippen LogP) is 2.25. The van der Waals surface area contributed by atoms with E-state index in [0.29, 0.717) is 6.42 Å². The van der Waals surface area contributed by atoms with Crippen molar-refractivity contribution in [3.63, 3.8) is 0 Å². The molecule has 124 valence electrons. The maximum absolute atomic E-state index is 12.1. The van der Waals surface area contributed by atoms with Gasteiger partial charge in [-0.25, -0.2) is 0 Å². The second kappa shape index (κ2) is 9.76. The van der Waals surface area contributed by atoms with Gasteiger partial charge in [0.05, 0.1) is 18.8 Å². The Morgan fingerprint density at radius 1 is 1.24 bits per heavy atom. The van der Waals surface area contributed by atoms with Gasteiger partial charge >= 0.3 is 0 Å². The largest absolute Gasteiger partial charge is 0.394 e. The van der Waals surface area contributed by atoms with Gasteiger partial charge in [0.1, 0.15) is 0 Å². The monoisotopic (exact) mass is 469 g/mol. The fourth-order valence-corrected chi connectivity index (χ4v) is 2.76. The van der Waals surface area contributed by atoms with Crippen LogP contribution in [0, 0.1) is 10.8 Å². The van der Waals surface area contributed by atoms with Gasteiger partial charge in [-0.2, -0.15) is 0 Å². The zero-order chi connectivity index (χ0) is 16.0. The molecule has 0 radical (unpaired) electrons. The molecule has 0 aromatic carbocycles. The van der Waals surface area contributed by atoms with E-state index in [0.717, 1.165) is 6.42 Å². The third kappa shape index (κ3) is 11.1. The quantitative estimate of drug-likeness (QED) is 0.502. The number of carbonyl (C=O) groups excluding carboxylic acids is 1. The Bertz CT molecular complexity index is 335. The van der Waals surface area contributed by atoms with E-state index in [1.165, 1.54) is 0 Å². The summed E-state index contributed by atoms with van der Waals surface area (Å²) < 4.78 is 0. The van der Waals surface area contributed by atoms with Crippen molar-refractivity contribution < 1.29 is 36.1 Å². The molecule has 4 nitrogen and oxygen atoms in total. The molecule has 1 amide bonds. The topological polar surface area (TPSA) is 69.6 Å². The van der Waals surface area contributed by atoms with Crippen LogP contribution in [0.1, 0.15) is 54.4 Å². The first kappa shape index (κ1) is 23.1. The number of allylic oxidation sites excluding steroid dienone is 1. The van der Waals surface area contributed by atoms with Crippen molar-refractivity contribution in [2.45, 2.75) is 66.5 Å². The fraction of sp³-hybridized carbons (Fsp3) is 0.812. The Morgan fingerprint density at radius 3 is 2.14 bits per heavy atom. The molecule has 0 fully saturated rings. The summed E-state index contributed by atoms with van der Waals surface area (Å²) in [5, 5.41) is 21.7. The van der Waals surface area contributed by atoms with E-state index in [2.05, 4.69) is 39.9 Å². The van der Waals surface area contributed by atoms with Gasteiger partial charge in [-0.3, -0.25) is 4.79 Å². The zero-order valence-corrected chi connectivity index (χ0v) is 17.1. The SMILES string of the molecule is C/C=C/C(O)C(CO)NC(=O)CC(C)(C)CC(C)(C)C.[W]. The van der Waals surface area contributed by atoms with Gasteiger partial charge in [-0.05, 0) is 24.2 Å². The molecule has 0 spiro atoms. The third-order valence-corrected chi connectivity index (χ3v) is 2.99. The van der Waals surface area contributed by atoms with Crippen molar-refractivity contribution >= 4 is 5.91 Å². The average molecular weight is 469 g/mol. The van der Waals surface area contributed by atoms with Gasteiger partial charge < -0.3 is 15.5 Å². The van der Waals surface area contributed by atoms with Gasteiger partial charge in [-0.15, -0.1) is 0 Å². The van der Waals surface area contributed by atoms with Crippen LogP contribution in [0.25, 0.3) is 0 Å². The average Bonchev–Trinajstić information content (AvgIpc) is 2.21. The first-order chi connectivity index (χ1) is 9.00. The number of aliphatic hydroxyl groups is 2. The van der Waals surface area contributed by atoms with Crippen LogP contribution in [0.5, 0.6) is 0 Å². The molecule has 3 N–H and O–H groups in total. The summed E-state index contributed by atoms with van der Waals surface area (Å²) in [4.78, 5) is 12.1. The smallest absolute Gasteiger partial charge is 0.220 e. The summed E-state index contributed by atoms with van der Waals surface area (Å²) >= 11 is 0. The van der Waals surface area contributed by atoms with Crippen LogP contribution in [-0.2, 0) is 25.9 Å². The number of hydrogen-bond donors (Lipinski definition) is 3. The van der Waals surface area contributed by atoms with Crippen LogP contribution >= 0.6 is 0 Å². The Labute approximate surface area is 143 Å². The minimum Gasteiger partial charge on any atom is -0.394 e. The molecule has 0 rings (SSSR count). The van der Waals surface area contributed by atoms with Crippen molar-refractivity contribution in [3.8, 4) is 0 Å². The Kier molecular flexibility index (Phi) is 10.7. The molecule has 21 heavy (non-hydrogen) atoms. The maximum atomic E-state index is 12.1. The molecule has 0 aromatic rings. The van der Waals surface area contributed by atoms with E-state index in [1.807, 2.05) is 0 Å². The second-order valence-electron chi connectivity index (χ2n) is 7.45. The fourth-order valence-electron chi connectivity index (χ4n) is 2.76. The van der Waals surface area contributed by atoms with Gasteiger partial charge in [0, 0.05) is 27.5 Å². The molecule has 2 unspecified atom stereocenters. The minimum absolute atomic E-state index is 0. The summed E-state index contributed by atoms with van der Waals surface area (Å²) in [6.45, 7) is 12.1. The zero-order valence-electron chi connectivity index (χ0n) is 14.1. The molecule has 0 heterocycles. The molecule has 0 saturated heterocycles. The van der Waals surface area contributed by atoms with Crippen molar-refractivity contribution in [2.75, 3.05) is 6.61 Å². The number of hydrogen-bond acceptors (Lipinski definition) is 3. The Balaban J connectivity index is 0. The summed E-state index contributed by atoms with van der Waals surface area (Å²) in [7, 11) is 0. The van der Waals surface area contributed by atoms with Crippen LogP contribution in [0.4, 0.5) is 0 Å². The van der Waals surface area contributed by atoms with Crippen molar-refractivity contribution in [2.24, 2.45) is 10.8 Å². The van der Waals surface area contributed by atoms with E-state index in [4.69, 9.17) is 0 Å². The van der Waals surface area contributed by atoms with Crippen LogP contribution in [0.3, 0.4) is 0 Å². The minimum atomic E-state index is -0.861. The molecular weight excluding hydrogens is 438 g/mol. The number of rotatable bonds is 7. The summed E-state index contributed by atoms with van der Waals surface area (Å²) in [6.07, 6.45) is 3.70. The standard InChI is InChI=1S/C16H31NO3.W/c1-7-8-13(19)12(10-18)17-14(20)9-16(5,6)11-15(2,3)4;/h7-8,12-13,18-19H,9-11H2,1-6H3,(H,17,20);/b8-7+;. The van der Waals surface area contributed by atoms with E-state index in [9.17, 15) is 15.0 Å². The molecule has 2 atom stereocenters. The molecule has 0 aliphatic rings. The molecule has 0 aliphatic carbocycles. The van der Waals surface area contributed by atoms with Gasteiger partial charge in [0.15, 0.2) is 0 Å². The van der Waals surface area contributed by atoms with E-state index < -0.39 is 12.1 Å². The van der Waals surface area contributed by atoms with Crippen LogP contribution < -0.4 is 5.32 Å². The van der Waals surface area contributed by atoms with Crippen molar-refractivity contribution in [3.05, 3.63) is 12.2 Å². The molecule has 0 bridgehead atoms. The number of aliphatic hydroxyl groups excluding tert-OH is 2. The molecule has 5 heteroatoms. The molecule has 0 saturated carbocycles. The maximum Gasteiger partial charge on any atom is 0.220 e. The number of carbonyl (C=O) groups is 1. The summed E-state index contributed by atoms with van der Waals surface area (Å²) in [5.74, 6) is -0.137. The van der Waals surface area contributed by atoms with E-state index in [-0.39, 0.29) is 44.4 Å². The van der Waals surface area contributed by atoms with Crippen LogP contribution in [0.2, 0.25) is 0 Å². The Hall–Kier alpha value is -0.182. The first-order valence-corrected chi connectivity index (χ1v) is 7.22. The predicted molar refractivity (Wildman–Crippen MR) is 82.3 cm³/mol. The number of amides is 1. The molecular formula is C16H31NO3W. The van der Waals surface area contributed by atoms with E-state index in [1.54, 1.807) is 19.1 Å². The third-order valence-electron chi connectivity index (χ3n) is 2.99. The Morgan fingerprint density at radius 2 is 1.76 bits per heavy atom. The van der Waals surface area contributed by atoms with Crippen LogP contribution in [-0.4, -0.2) is 34.9 Å². The molecule has 0 aliphatic heterocycles. The van der Waals surface area contributed by atoms with Crippen LogP contribution in [0.15, 0.2) is 12.2 Å². The summed E-state index contributed by atoms with van der Waals surface area (Å²) in [5.41, 5.74) is 0.0402. The second-order valence-corrected chi connectivity index (χ2v) is 7.45. The van der Waals surface area contributed by atoms with Gasteiger partial charge in [-0.1, -0.05) is 46.8 Å². The normalized spacial score (nSPS) is 15.4. The number of nitrogens with one attached hydrogen (secondary N) is 1. The first-order valence-electron chi connectivity index (χ1n) is 7.22. The molecule has 0 aromatic heterocycles. The summed E-state index contributed by atoms with van der Waals surface area (Å²) in [6, 6.07) is -0.649.